The van der Waals surface area contributed by atoms with Gasteiger partial charge in [-0.25, -0.2) is 4.79 Å². The second-order valence-corrected chi connectivity index (χ2v) is 5.48. The summed E-state index contributed by atoms with van der Waals surface area (Å²) in [6, 6.07) is 12.8. The summed E-state index contributed by atoms with van der Waals surface area (Å²) in [6.07, 6.45) is 3.89. The molecule has 0 aromatic heterocycles. The summed E-state index contributed by atoms with van der Waals surface area (Å²) in [7, 11) is 3.11. The van der Waals surface area contributed by atoms with Gasteiger partial charge in [-0.2, -0.15) is 0 Å². The maximum atomic E-state index is 11.7. The molecule has 0 aliphatic carbocycles. The highest BCUT2D eigenvalue weighted by molar-refractivity contribution is 5.89. The summed E-state index contributed by atoms with van der Waals surface area (Å²) < 4.78 is 25.9. The third-order valence-electron chi connectivity index (χ3n) is 3.52. The molecule has 0 fully saturated rings. The van der Waals surface area contributed by atoms with E-state index in [2.05, 4.69) is 0 Å². The number of ether oxygens (including phenoxy) is 5. The molecule has 0 aliphatic rings. The molecule has 0 heterocycles. The molecule has 0 bridgehead atoms. The molecule has 0 N–H and O–H groups in total. The fourth-order valence-electron chi connectivity index (χ4n) is 2.24. The molecule has 0 spiro atoms. The third kappa shape index (κ3) is 6.44. The van der Waals surface area contributed by atoms with Crippen LogP contribution in [-0.4, -0.2) is 40.4 Å². The van der Waals surface area contributed by atoms with Crippen LogP contribution in [0.1, 0.15) is 28.4 Å². The van der Waals surface area contributed by atoms with Crippen molar-refractivity contribution in [2.24, 2.45) is 0 Å². The van der Waals surface area contributed by atoms with Gasteiger partial charge < -0.3 is 23.7 Å². The van der Waals surface area contributed by atoms with Gasteiger partial charge in [0.25, 0.3) is 0 Å². The van der Waals surface area contributed by atoms with Gasteiger partial charge in [0.15, 0.2) is 25.1 Å². The monoisotopic (exact) mass is 372 g/mol. The molecule has 0 saturated carbocycles. The SMILES string of the molecule is CCOC(=O)c1ccc(C=Cc2ccc(OCOC)c(OCOC)c2)cc1. The van der Waals surface area contributed by atoms with E-state index in [1.54, 1.807) is 33.3 Å². The second-order valence-electron chi connectivity index (χ2n) is 5.48. The molecule has 0 unspecified atom stereocenters. The van der Waals surface area contributed by atoms with E-state index in [9.17, 15) is 4.79 Å². The minimum Gasteiger partial charge on any atom is -0.464 e. The number of esters is 1. The smallest absolute Gasteiger partial charge is 0.338 e. The highest BCUT2D eigenvalue weighted by Gasteiger charge is 2.07. The Morgan fingerprint density at radius 3 is 2.07 bits per heavy atom. The van der Waals surface area contributed by atoms with E-state index in [1.807, 2.05) is 42.5 Å². The predicted molar refractivity (Wildman–Crippen MR) is 103 cm³/mol. The first-order valence-corrected chi connectivity index (χ1v) is 8.50. The Labute approximate surface area is 159 Å². The lowest BCUT2D eigenvalue weighted by Crippen LogP contribution is -2.04. The van der Waals surface area contributed by atoms with Crippen LogP contribution in [0.15, 0.2) is 42.5 Å². The highest BCUT2D eigenvalue weighted by atomic mass is 16.7. The topological polar surface area (TPSA) is 63.2 Å². The lowest BCUT2D eigenvalue weighted by molar-refractivity contribution is 0.0322. The molecule has 0 amide bonds. The van der Waals surface area contributed by atoms with Crippen molar-refractivity contribution in [2.75, 3.05) is 34.4 Å². The molecule has 6 heteroatoms. The van der Waals surface area contributed by atoms with Gasteiger partial charge in [-0.15, -0.1) is 0 Å². The largest absolute Gasteiger partial charge is 0.464 e. The normalized spacial score (nSPS) is 10.8. The fraction of sp³-hybridized carbons (Fsp3) is 0.286. The average molecular weight is 372 g/mol. The van der Waals surface area contributed by atoms with Crippen LogP contribution >= 0.6 is 0 Å². The molecule has 27 heavy (non-hydrogen) atoms. The highest BCUT2D eigenvalue weighted by Crippen LogP contribution is 2.29. The number of hydrogen-bond acceptors (Lipinski definition) is 6. The van der Waals surface area contributed by atoms with Crippen molar-refractivity contribution in [3.8, 4) is 11.5 Å². The molecule has 0 saturated heterocycles. The maximum absolute atomic E-state index is 11.7. The summed E-state index contributed by atoms with van der Waals surface area (Å²) in [4.78, 5) is 11.7. The number of rotatable bonds is 10. The molecule has 0 aliphatic heterocycles. The van der Waals surface area contributed by atoms with E-state index >= 15 is 0 Å². The number of carbonyl (C=O) groups excluding carboxylic acids is 1. The first-order chi connectivity index (χ1) is 13.2. The first-order valence-electron chi connectivity index (χ1n) is 8.50. The van der Waals surface area contributed by atoms with Crippen molar-refractivity contribution < 1.29 is 28.5 Å². The lowest BCUT2D eigenvalue weighted by Gasteiger charge is -2.12. The Kier molecular flexibility index (Phi) is 8.35. The zero-order chi connectivity index (χ0) is 19.5. The average Bonchev–Trinajstić information content (AvgIpc) is 2.70. The van der Waals surface area contributed by atoms with Gasteiger partial charge in [0.05, 0.1) is 12.2 Å². The van der Waals surface area contributed by atoms with Gasteiger partial charge in [-0.05, 0) is 42.3 Å². The third-order valence-corrected chi connectivity index (χ3v) is 3.52. The molecular weight excluding hydrogens is 348 g/mol. The summed E-state index contributed by atoms with van der Waals surface area (Å²) >= 11 is 0. The summed E-state index contributed by atoms with van der Waals surface area (Å²) in [5, 5.41) is 0. The molecule has 2 aromatic carbocycles. The number of benzene rings is 2. The zero-order valence-electron chi connectivity index (χ0n) is 15.8. The van der Waals surface area contributed by atoms with Crippen molar-refractivity contribution in [2.45, 2.75) is 6.92 Å². The van der Waals surface area contributed by atoms with E-state index in [4.69, 9.17) is 23.7 Å². The number of hydrogen-bond donors (Lipinski definition) is 0. The minimum atomic E-state index is -0.320. The van der Waals surface area contributed by atoms with Gasteiger partial charge in [-0.3, -0.25) is 0 Å². The quantitative estimate of drug-likeness (QED) is 0.357. The van der Waals surface area contributed by atoms with Gasteiger partial charge >= 0.3 is 5.97 Å². The van der Waals surface area contributed by atoms with Crippen LogP contribution in [0, 0.1) is 0 Å². The Bertz CT molecular complexity index is 752. The van der Waals surface area contributed by atoms with E-state index in [1.165, 1.54) is 0 Å². The van der Waals surface area contributed by atoms with Gasteiger partial charge in [0.2, 0.25) is 0 Å². The van der Waals surface area contributed by atoms with E-state index in [0.29, 0.717) is 23.7 Å². The molecule has 2 aromatic rings. The van der Waals surface area contributed by atoms with Crippen LogP contribution in [0.4, 0.5) is 0 Å². The van der Waals surface area contributed by atoms with Crippen molar-refractivity contribution in [3.63, 3.8) is 0 Å². The van der Waals surface area contributed by atoms with Crippen LogP contribution < -0.4 is 9.47 Å². The predicted octanol–water partition coefficient (Wildman–Crippen LogP) is 4.00. The molecule has 144 valence electrons. The molecule has 0 radical (unpaired) electrons. The van der Waals surface area contributed by atoms with E-state index in [0.717, 1.165) is 11.1 Å². The maximum Gasteiger partial charge on any atom is 0.338 e. The van der Waals surface area contributed by atoms with E-state index < -0.39 is 0 Å². The van der Waals surface area contributed by atoms with Gasteiger partial charge in [0.1, 0.15) is 0 Å². The molecule has 0 atom stereocenters. The Balaban J connectivity index is 2.11. The molecular formula is C21H24O6. The Hall–Kier alpha value is -2.83. The lowest BCUT2D eigenvalue weighted by atomic mass is 10.1. The fourth-order valence-corrected chi connectivity index (χ4v) is 2.24. The summed E-state index contributed by atoms with van der Waals surface area (Å²) in [5.74, 6) is 0.818. The number of carbonyl (C=O) groups is 1. The van der Waals surface area contributed by atoms with Crippen LogP contribution in [0.3, 0.4) is 0 Å². The van der Waals surface area contributed by atoms with Crippen molar-refractivity contribution in [1.29, 1.82) is 0 Å². The standard InChI is InChI=1S/C21H24O6/c1-4-25-21(22)18-10-7-16(8-11-18)5-6-17-9-12-19(26-14-23-2)20(13-17)27-15-24-3/h5-13H,4,14-15H2,1-3H3. The molecule has 6 nitrogen and oxygen atoms in total. The second kappa shape index (κ2) is 11.0. The summed E-state index contributed by atoms with van der Waals surface area (Å²) in [5.41, 5.74) is 2.42. The van der Waals surface area contributed by atoms with Crippen LogP contribution in [0.2, 0.25) is 0 Å². The van der Waals surface area contributed by atoms with Gasteiger partial charge in [0, 0.05) is 14.2 Å². The summed E-state index contributed by atoms with van der Waals surface area (Å²) in [6.45, 7) is 2.39. The Morgan fingerprint density at radius 1 is 0.852 bits per heavy atom. The van der Waals surface area contributed by atoms with E-state index in [-0.39, 0.29) is 19.6 Å². The van der Waals surface area contributed by atoms with Crippen molar-refractivity contribution in [3.05, 3.63) is 59.2 Å². The first kappa shape index (κ1) is 20.5. The van der Waals surface area contributed by atoms with Crippen LogP contribution in [0.5, 0.6) is 11.5 Å². The van der Waals surface area contributed by atoms with Gasteiger partial charge in [-0.1, -0.05) is 30.4 Å². The minimum absolute atomic E-state index is 0.117. The Morgan fingerprint density at radius 2 is 1.44 bits per heavy atom. The van der Waals surface area contributed by atoms with Crippen LogP contribution in [0.25, 0.3) is 12.2 Å². The van der Waals surface area contributed by atoms with Crippen LogP contribution in [-0.2, 0) is 14.2 Å². The van der Waals surface area contributed by atoms with Crippen molar-refractivity contribution in [1.82, 2.24) is 0 Å². The number of methoxy groups -OCH3 is 2. The van der Waals surface area contributed by atoms with Crippen molar-refractivity contribution >= 4 is 18.1 Å². The zero-order valence-corrected chi connectivity index (χ0v) is 15.8. The molecule has 2 rings (SSSR count).